The summed E-state index contributed by atoms with van der Waals surface area (Å²) < 4.78 is 34.3. The number of hydrogen-bond acceptors (Lipinski definition) is 18. The molecule has 3 aliphatic heterocycles. The summed E-state index contributed by atoms with van der Waals surface area (Å²) in [6, 6.07) is -0.990. The first-order valence-corrected chi connectivity index (χ1v) is 33.2. The predicted molar refractivity (Wildman–Crippen MR) is 323 cm³/mol. The van der Waals surface area contributed by atoms with E-state index >= 15 is 0 Å². The first kappa shape index (κ1) is 76.3. The van der Waals surface area contributed by atoms with Crippen LogP contribution >= 0.6 is 0 Å². The highest BCUT2D eigenvalue weighted by atomic mass is 16.8. The molecule has 12 N–H and O–H groups in total. The molecular formula is C65H119NO18. The second-order valence-electron chi connectivity index (χ2n) is 23.9. The fourth-order valence-corrected chi connectivity index (χ4v) is 11.2. The minimum Gasteiger partial charge on any atom is -0.394 e. The Morgan fingerprint density at radius 2 is 0.762 bits per heavy atom. The van der Waals surface area contributed by atoms with Crippen LogP contribution in [0.1, 0.15) is 239 Å². The van der Waals surface area contributed by atoms with E-state index in [9.17, 15) is 61.0 Å². The molecule has 0 saturated carbocycles. The van der Waals surface area contributed by atoms with E-state index in [4.69, 9.17) is 28.4 Å². The molecule has 1 amide bonds. The molecule has 3 heterocycles. The fourth-order valence-electron chi connectivity index (χ4n) is 11.2. The van der Waals surface area contributed by atoms with Crippen LogP contribution in [0.3, 0.4) is 0 Å². The van der Waals surface area contributed by atoms with Crippen LogP contribution in [0.15, 0.2) is 36.5 Å². The van der Waals surface area contributed by atoms with E-state index < -0.39 is 124 Å². The predicted octanol–water partition coefficient (Wildman–Crippen LogP) is 7.66. The van der Waals surface area contributed by atoms with E-state index in [0.29, 0.717) is 12.8 Å². The van der Waals surface area contributed by atoms with Gasteiger partial charge >= 0.3 is 0 Å². The zero-order valence-corrected chi connectivity index (χ0v) is 51.6. The van der Waals surface area contributed by atoms with E-state index in [-0.39, 0.29) is 18.9 Å². The van der Waals surface area contributed by atoms with Crippen molar-refractivity contribution in [1.82, 2.24) is 5.32 Å². The Hall–Kier alpha value is -1.99. The molecule has 19 nitrogen and oxygen atoms in total. The van der Waals surface area contributed by atoms with E-state index in [1.807, 2.05) is 6.08 Å². The average Bonchev–Trinajstić information content (AvgIpc) is 2.79. The molecule has 0 spiro atoms. The number of ether oxygens (including phenoxy) is 6. The van der Waals surface area contributed by atoms with Gasteiger partial charge in [0.1, 0.15) is 73.2 Å². The van der Waals surface area contributed by atoms with Crippen molar-refractivity contribution in [2.75, 3.05) is 26.4 Å². The van der Waals surface area contributed by atoms with Gasteiger partial charge in [-0.1, -0.05) is 211 Å². The molecular weight excluding hydrogens is 1080 g/mol. The van der Waals surface area contributed by atoms with E-state index in [2.05, 4.69) is 43.5 Å². The molecule has 17 unspecified atom stereocenters. The van der Waals surface area contributed by atoms with Crippen molar-refractivity contribution in [1.29, 1.82) is 0 Å². The van der Waals surface area contributed by atoms with Crippen LogP contribution in [-0.4, -0.2) is 193 Å². The molecule has 84 heavy (non-hydrogen) atoms. The number of rotatable bonds is 50. The number of hydrogen-bond donors (Lipinski definition) is 12. The topological polar surface area (TPSA) is 307 Å². The highest BCUT2D eigenvalue weighted by Gasteiger charge is 2.53. The van der Waals surface area contributed by atoms with Crippen LogP contribution in [-0.2, 0) is 33.2 Å². The number of allylic oxidation sites excluding steroid dienone is 5. The summed E-state index contributed by atoms with van der Waals surface area (Å²) in [6.45, 7) is 1.72. The van der Waals surface area contributed by atoms with Gasteiger partial charge in [0.05, 0.1) is 38.6 Å². The number of amides is 1. The first-order chi connectivity index (χ1) is 40.8. The molecule has 19 heteroatoms. The first-order valence-electron chi connectivity index (χ1n) is 33.2. The Bertz CT molecular complexity index is 1670. The van der Waals surface area contributed by atoms with Gasteiger partial charge in [-0.25, -0.2) is 0 Å². The molecule has 0 aliphatic carbocycles. The van der Waals surface area contributed by atoms with Crippen LogP contribution in [0.2, 0.25) is 0 Å². The van der Waals surface area contributed by atoms with Gasteiger partial charge < -0.3 is 89.9 Å². The lowest BCUT2D eigenvalue weighted by Gasteiger charge is -2.48. The average molecular weight is 1200 g/mol. The van der Waals surface area contributed by atoms with E-state index in [0.717, 1.165) is 51.4 Å². The molecule has 0 aromatic rings. The van der Waals surface area contributed by atoms with Gasteiger partial charge in [-0.05, 0) is 57.8 Å². The van der Waals surface area contributed by atoms with Crippen LogP contribution < -0.4 is 5.32 Å². The van der Waals surface area contributed by atoms with Crippen LogP contribution in [0.25, 0.3) is 0 Å². The number of nitrogens with one attached hydrogen (secondary N) is 1. The Morgan fingerprint density at radius 1 is 0.417 bits per heavy atom. The van der Waals surface area contributed by atoms with Crippen LogP contribution in [0.4, 0.5) is 0 Å². The Morgan fingerprint density at radius 3 is 1.19 bits per heavy atom. The summed E-state index contributed by atoms with van der Waals surface area (Å²) in [6.07, 6.45) is 26.9. The van der Waals surface area contributed by atoms with Crippen molar-refractivity contribution in [2.24, 2.45) is 0 Å². The van der Waals surface area contributed by atoms with Gasteiger partial charge in [-0.15, -0.1) is 0 Å². The van der Waals surface area contributed by atoms with Crippen molar-refractivity contribution in [3.63, 3.8) is 0 Å². The van der Waals surface area contributed by atoms with Gasteiger partial charge in [0.25, 0.3) is 0 Å². The zero-order chi connectivity index (χ0) is 61.2. The number of carbonyl (C=O) groups excluding carboxylic acids is 1. The molecule has 492 valence electrons. The summed E-state index contributed by atoms with van der Waals surface area (Å²) in [4.78, 5) is 13.4. The highest BCUT2D eigenvalue weighted by Crippen LogP contribution is 2.33. The smallest absolute Gasteiger partial charge is 0.220 e. The maximum atomic E-state index is 13.4. The summed E-state index contributed by atoms with van der Waals surface area (Å²) in [5.41, 5.74) is 0. The second kappa shape index (κ2) is 47.9. The Labute approximate surface area is 504 Å². The molecule has 3 rings (SSSR count). The molecule has 0 bridgehead atoms. The summed E-state index contributed by atoms with van der Waals surface area (Å²) >= 11 is 0. The van der Waals surface area contributed by atoms with Gasteiger partial charge in [-0.2, -0.15) is 0 Å². The summed E-state index contributed by atoms with van der Waals surface area (Å²) in [7, 11) is 0. The number of aliphatic hydroxyl groups excluding tert-OH is 11. The third-order valence-corrected chi connectivity index (χ3v) is 16.7. The van der Waals surface area contributed by atoms with Crippen molar-refractivity contribution < 1.29 is 89.4 Å². The zero-order valence-electron chi connectivity index (χ0n) is 51.6. The maximum absolute atomic E-state index is 13.4. The van der Waals surface area contributed by atoms with Gasteiger partial charge in [-0.3, -0.25) is 4.79 Å². The van der Waals surface area contributed by atoms with Gasteiger partial charge in [0, 0.05) is 6.42 Å². The normalized spacial score (nSPS) is 29.4. The summed E-state index contributed by atoms with van der Waals surface area (Å²) in [5.74, 6) is -0.286. The lowest BCUT2D eigenvalue weighted by molar-refractivity contribution is -0.379. The van der Waals surface area contributed by atoms with E-state index in [1.165, 1.54) is 154 Å². The minimum absolute atomic E-state index is 0.234. The lowest BCUT2D eigenvalue weighted by atomic mass is 9.96. The van der Waals surface area contributed by atoms with Crippen molar-refractivity contribution >= 4 is 5.91 Å². The monoisotopic (exact) mass is 1200 g/mol. The molecule has 17 atom stereocenters. The molecule has 3 saturated heterocycles. The SMILES string of the molecule is CCCCCCCC/C=C\CCCCCCCCCCCC(=O)NC(COC1OC(CO)C(OC2OC(CO)C(OC3OC(CO)C(O)C(O)C3O)C(O)C2O)C(O)C1O)C(O)/C=C/CC/C=C/CCCCCCCCCCCCCCCC. The molecule has 0 radical (unpaired) electrons. The third-order valence-electron chi connectivity index (χ3n) is 16.7. The summed E-state index contributed by atoms with van der Waals surface area (Å²) in [5, 5.41) is 120. The Kier molecular flexibility index (Phi) is 43.5. The molecule has 3 aliphatic rings. The van der Waals surface area contributed by atoms with E-state index in [1.54, 1.807) is 6.08 Å². The maximum Gasteiger partial charge on any atom is 0.220 e. The van der Waals surface area contributed by atoms with Crippen LogP contribution in [0, 0.1) is 0 Å². The Balaban J connectivity index is 1.48. The van der Waals surface area contributed by atoms with Gasteiger partial charge in [0.15, 0.2) is 18.9 Å². The van der Waals surface area contributed by atoms with Crippen LogP contribution in [0.5, 0.6) is 0 Å². The molecule has 3 fully saturated rings. The molecule has 0 aromatic carbocycles. The quantitative estimate of drug-likeness (QED) is 0.0205. The van der Waals surface area contributed by atoms with Crippen molar-refractivity contribution in [3.8, 4) is 0 Å². The fraction of sp³-hybridized carbons (Fsp3) is 0.892. The van der Waals surface area contributed by atoms with Crippen molar-refractivity contribution in [3.05, 3.63) is 36.5 Å². The number of unbranched alkanes of at least 4 members (excludes halogenated alkanes) is 30. The number of aliphatic hydroxyl groups is 11. The second-order valence-corrected chi connectivity index (χ2v) is 23.9. The van der Waals surface area contributed by atoms with Gasteiger partial charge in [0.2, 0.25) is 5.91 Å². The minimum atomic E-state index is -1.98. The number of carbonyl (C=O) groups is 1. The standard InChI is InChI=1S/C65H119NO18/c1-3-5-7-9-11-13-15-17-19-21-23-25-26-28-30-32-34-36-38-40-42-49(70)48(66-53(71)43-41-39-37-35-33-31-29-27-24-22-20-18-16-14-12-10-8-6-4-2)47-79-63-59(77)56(74)61(51(45-68)81-63)84-65-60(78)57(75)62(52(46-69)82-65)83-64-58(76)55(73)54(72)50(44-67)80-64/h18,20,32,34,40,42,48-52,54-65,67-70,72-78H,3-17,19,21-31,33,35-39,41,43-47H2,1-2H3,(H,66,71)/b20-18-,34-32+,42-40+. The molecule has 0 aromatic heterocycles. The lowest BCUT2D eigenvalue weighted by Crippen LogP contribution is -2.66. The highest BCUT2D eigenvalue weighted by molar-refractivity contribution is 5.76. The third kappa shape index (κ3) is 30.5. The van der Waals surface area contributed by atoms with Crippen molar-refractivity contribution in [2.45, 2.75) is 343 Å². The largest absolute Gasteiger partial charge is 0.394 e.